The lowest BCUT2D eigenvalue weighted by Crippen LogP contribution is -2.21. The van der Waals surface area contributed by atoms with Gasteiger partial charge in [-0.25, -0.2) is 9.97 Å². The zero-order valence-corrected chi connectivity index (χ0v) is 15.7. The lowest BCUT2D eigenvalue weighted by Gasteiger charge is -2.08. The van der Waals surface area contributed by atoms with Gasteiger partial charge in [0.25, 0.3) is 5.91 Å². The molecular formula is C17H18ClN3O3S. The summed E-state index contributed by atoms with van der Waals surface area (Å²) < 4.78 is 4.95. The van der Waals surface area contributed by atoms with E-state index in [1.54, 1.807) is 12.1 Å². The summed E-state index contributed by atoms with van der Waals surface area (Å²) in [5.41, 5.74) is 3.13. The van der Waals surface area contributed by atoms with Crippen LogP contribution < -0.4 is 5.32 Å². The Bertz CT molecular complexity index is 778. The molecule has 0 aliphatic heterocycles. The molecule has 0 atom stereocenters. The highest BCUT2D eigenvalue weighted by Crippen LogP contribution is 2.22. The van der Waals surface area contributed by atoms with Crippen LogP contribution in [0.4, 0.5) is 5.69 Å². The molecule has 0 saturated heterocycles. The number of anilines is 1. The number of hydrogen-bond acceptors (Lipinski definition) is 6. The first-order chi connectivity index (χ1) is 11.8. The minimum absolute atomic E-state index is 0.0292. The van der Waals surface area contributed by atoms with Crippen molar-refractivity contribution in [1.29, 1.82) is 0 Å². The summed E-state index contributed by atoms with van der Waals surface area (Å²) in [6.07, 6.45) is 0. The Morgan fingerprint density at radius 3 is 2.48 bits per heavy atom. The van der Waals surface area contributed by atoms with Gasteiger partial charge in [-0.3, -0.25) is 9.59 Å². The van der Waals surface area contributed by atoms with Crippen molar-refractivity contribution in [1.82, 2.24) is 9.97 Å². The highest BCUT2D eigenvalue weighted by molar-refractivity contribution is 7.99. The standard InChI is InChI=1S/C17H18ClN3O3S/c1-10-4-5-14(13(18)6-10)21-15(22)8-24-16(23)9-25-17-19-11(2)7-12(3)20-17/h4-7H,8-9H2,1-3H3,(H,21,22). The number of hydrogen-bond donors (Lipinski definition) is 1. The first-order valence-electron chi connectivity index (χ1n) is 7.50. The summed E-state index contributed by atoms with van der Waals surface area (Å²) in [6, 6.07) is 7.12. The molecule has 0 aliphatic carbocycles. The lowest BCUT2D eigenvalue weighted by molar-refractivity contribution is -0.144. The van der Waals surface area contributed by atoms with Crippen molar-refractivity contribution in [2.45, 2.75) is 25.9 Å². The average molecular weight is 380 g/mol. The van der Waals surface area contributed by atoms with E-state index < -0.39 is 11.9 Å². The van der Waals surface area contributed by atoms with Crippen molar-refractivity contribution >= 4 is 40.9 Å². The van der Waals surface area contributed by atoms with Gasteiger partial charge in [-0.1, -0.05) is 29.4 Å². The van der Waals surface area contributed by atoms with Gasteiger partial charge in [0.1, 0.15) is 0 Å². The third-order valence-electron chi connectivity index (χ3n) is 3.04. The van der Waals surface area contributed by atoms with E-state index in [1.165, 1.54) is 11.8 Å². The predicted molar refractivity (Wildman–Crippen MR) is 98.0 cm³/mol. The highest BCUT2D eigenvalue weighted by Gasteiger charge is 2.11. The minimum atomic E-state index is -0.516. The molecule has 2 rings (SSSR count). The van der Waals surface area contributed by atoms with Crippen molar-refractivity contribution in [3.8, 4) is 0 Å². The third kappa shape index (κ3) is 6.36. The Hall–Kier alpha value is -2.12. The van der Waals surface area contributed by atoms with Crippen LogP contribution >= 0.6 is 23.4 Å². The van der Waals surface area contributed by atoms with Gasteiger partial charge in [0, 0.05) is 11.4 Å². The maximum absolute atomic E-state index is 11.8. The van der Waals surface area contributed by atoms with Crippen molar-refractivity contribution < 1.29 is 14.3 Å². The number of halogens is 1. The van der Waals surface area contributed by atoms with Gasteiger partial charge in [-0.15, -0.1) is 0 Å². The number of nitrogens with zero attached hydrogens (tertiary/aromatic N) is 2. The molecule has 0 bridgehead atoms. The Labute approximate surface area is 155 Å². The Morgan fingerprint density at radius 1 is 1.16 bits per heavy atom. The molecule has 25 heavy (non-hydrogen) atoms. The second-order valence-corrected chi connectivity index (χ2v) is 6.76. The van der Waals surface area contributed by atoms with Crippen LogP contribution in [0.15, 0.2) is 29.4 Å². The van der Waals surface area contributed by atoms with E-state index in [-0.39, 0.29) is 12.4 Å². The molecule has 1 aromatic heterocycles. The number of nitrogens with one attached hydrogen (secondary N) is 1. The third-order valence-corrected chi connectivity index (χ3v) is 4.18. The first-order valence-corrected chi connectivity index (χ1v) is 8.86. The number of aromatic nitrogens is 2. The monoisotopic (exact) mass is 379 g/mol. The molecule has 0 fully saturated rings. The molecule has 0 aliphatic rings. The normalized spacial score (nSPS) is 10.4. The summed E-state index contributed by atoms with van der Waals surface area (Å²) in [5, 5.41) is 3.54. The quantitative estimate of drug-likeness (QED) is 0.471. The van der Waals surface area contributed by atoms with Crippen molar-refractivity contribution in [2.75, 3.05) is 17.7 Å². The number of amides is 1. The highest BCUT2D eigenvalue weighted by atomic mass is 35.5. The second-order valence-electron chi connectivity index (χ2n) is 5.41. The molecule has 8 heteroatoms. The fourth-order valence-electron chi connectivity index (χ4n) is 1.98. The van der Waals surface area contributed by atoms with Crippen LogP contribution in [0.5, 0.6) is 0 Å². The Kier molecular flexibility index (Phi) is 6.78. The van der Waals surface area contributed by atoms with Gasteiger partial charge in [-0.05, 0) is 44.5 Å². The maximum Gasteiger partial charge on any atom is 0.316 e. The van der Waals surface area contributed by atoms with Gasteiger partial charge in [0.15, 0.2) is 11.8 Å². The van der Waals surface area contributed by atoms with E-state index in [0.29, 0.717) is 15.9 Å². The summed E-state index contributed by atoms with van der Waals surface area (Å²) in [4.78, 5) is 32.0. The van der Waals surface area contributed by atoms with Crippen molar-refractivity contribution in [3.63, 3.8) is 0 Å². The number of benzene rings is 1. The average Bonchev–Trinajstić information content (AvgIpc) is 2.53. The molecule has 1 amide bonds. The fraction of sp³-hybridized carbons (Fsp3) is 0.294. The summed E-state index contributed by atoms with van der Waals surface area (Å²) in [6.45, 7) is 5.24. The molecule has 0 spiro atoms. The van der Waals surface area contributed by atoms with Crippen molar-refractivity contribution in [2.24, 2.45) is 0 Å². The van der Waals surface area contributed by atoms with E-state index in [2.05, 4.69) is 15.3 Å². The molecule has 0 saturated carbocycles. The number of aryl methyl sites for hydroxylation is 3. The van der Waals surface area contributed by atoms with Crippen molar-refractivity contribution in [3.05, 3.63) is 46.2 Å². The number of carbonyl (C=O) groups excluding carboxylic acids is 2. The smallest absolute Gasteiger partial charge is 0.316 e. The van der Waals surface area contributed by atoms with E-state index in [9.17, 15) is 9.59 Å². The van der Waals surface area contributed by atoms with Crippen LogP contribution in [-0.4, -0.2) is 34.2 Å². The molecule has 1 aromatic carbocycles. The molecule has 1 heterocycles. The van der Waals surface area contributed by atoms with Gasteiger partial charge in [0.2, 0.25) is 0 Å². The molecule has 0 unspecified atom stereocenters. The van der Waals surface area contributed by atoms with Gasteiger partial charge in [0.05, 0.1) is 16.5 Å². The van der Waals surface area contributed by atoms with Crippen LogP contribution in [0, 0.1) is 20.8 Å². The number of rotatable bonds is 6. The maximum atomic E-state index is 11.8. The fourth-order valence-corrected chi connectivity index (χ4v) is 3.01. The summed E-state index contributed by atoms with van der Waals surface area (Å²) in [5.74, 6) is -0.939. The zero-order valence-electron chi connectivity index (χ0n) is 14.1. The van der Waals surface area contributed by atoms with Crippen LogP contribution in [-0.2, 0) is 14.3 Å². The molecule has 2 aromatic rings. The van der Waals surface area contributed by atoms with Crippen LogP contribution in [0.1, 0.15) is 17.0 Å². The Morgan fingerprint density at radius 2 is 1.84 bits per heavy atom. The lowest BCUT2D eigenvalue weighted by atomic mass is 10.2. The molecule has 6 nitrogen and oxygen atoms in total. The van der Waals surface area contributed by atoms with Gasteiger partial charge in [-0.2, -0.15) is 0 Å². The van der Waals surface area contributed by atoms with E-state index in [0.717, 1.165) is 17.0 Å². The minimum Gasteiger partial charge on any atom is -0.455 e. The molecular weight excluding hydrogens is 362 g/mol. The van der Waals surface area contributed by atoms with Crippen LogP contribution in [0.2, 0.25) is 5.02 Å². The summed E-state index contributed by atoms with van der Waals surface area (Å²) in [7, 11) is 0. The largest absolute Gasteiger partial charge is 0.455 e. The van der Waals surface area contributed by atoms with Crippen LogP contribution in [0.3, 0.4) is 0 Å². The zero-order chi connectivity index (χ0) is 18.4. The van der Waals surface area contributed by atoms with E-state index >= 15 is 0 Å². The SMILES string of the molecule is Cc1ccc(NC(=O)COC(=O)CSc2nc(C)cc(C)n2)c(Cl)c1. The number of carbonyl (C=O) groups is 2. The van der Waals surface area contributed by atoms with Gasteiger partial charge >= 0.3 is 5.97 Å². The number of ether oxygens (including phenoxy) is 1. The second kappa shape index (κ2) is 8.82. The molecule has 0 radical (unpaired) electrons. The Balaban J connectivity index is 1.78. The summed E-state index contributed by atoms with van der Waals surface area (Å²) >= 11 is 7.21. The first kappa shape index (κ1) is 19.2. The predicted octanol–water partition coefficient (Wildman–Crippen LogP) is 3.33. The van der Waals surface area contributed by atoms with Crippen LogP contribution in [0.25, 0.3) is 0 Å². The number of esters is 1. The van der Waals surface area contributed by atoms with Gasteiger partial charge < -0.3 is 10.1 Å². The molecule has 1 N–H and O–H groups in total. The number of thioether (sulfide) groups is 1. The molecule has 132 valence electrons. The van der Waals surface area contributed by atoms with E-state index in [4.69, 9.17) is 16.3 Å². The topological polar surface area (TPSA) is 81.2 Å². The van der Waals surface area contributed by atoms with E-state index in [1.807, 2.05) is 32.9 Å².